The van der Waals surface area contributed by atoms with Crippen molar-refractivity contribution in [1.82, 2.24) is 15.0 Å². The van der Waals surface area contributed by atoms with Crippen LogP contribution in [0.3, 0.4) is 0 Å². The molecule has 0 aliphatic heterocycles. The number of hydrogen-bond donors (Lipinski definition) is 1. The van der Waals surface area contributed by atoms with Gasteiger partial charge in [-0.25, -0.2) is 4.68 Å². The highest BCUT2D eigenvalue weighted by atomic mass is 15.4. The second-order valence-electron chi connectivity index (χ2n) is 5.73. The molecule has 1 heterocycles. The van der Waals surface area contributed by atoms with Crippen molar-refractivity contribution >= 4 is 0 Å². The maximum absolute atomic E-state index is 9.13. The second kappa shape index (κ2) is 6.06. The van der Waals surface area contributed by atoms with Crippen LogP contribution in [0.4, 0.5) is 0 Å². The highest BCUT2D eigenvalue weighted by molar-refractivity contribution is 5.37. The molecule has 0 amide bonds. The van der Waals surface area contributed by atoms with Crippen molar-refractivity contribution in [2.24, 2.45) is 5.73 Å². The summed E-state index contributed by atoms with van der Waals surface area (Å²) < 4.78 is 1.81. The number of nitrogens with two attached hydrogens (primary N) is 1. The molecule has 0 unspecified atom stereocenters. The van der Waals surface area contributed by atoms with Crippen molar-refractivity contribution in [2.45, 2.75) is 44.2 Å². The number of nitriles is 1. The molecule has 1 saturated carbocycles. The van der Waals surface area contributed by atoms with Gasteiger partial charge in [-0.1, -0.05) is 29.8 Å². The summed E-state index contributed by atoms with van der Waals surface area (Å²) in [5.41, 5.74) is 8.73. The van der Waals surface area contributed by atoms with E-state index in [1.54, 1.807) is 0 Å². The number of rotatable bonds is 3. The zero-order chi connectivity index (χ0) is 14.7. The molecule has 2 aromatic rings. The topological polar surface area (TPSA) is 80.5 Å². The monoisotopic (exact) mass is 281 g/mol. The minimum absolute atomic E-state index is 0.285. The second-order valence-corrected chi connectivity index (χ2v) is 5.73. The van der Waals surface area contributed by atoms with Gasteiger partial charge >= 0.3 is 0 Å². The van der Waals surface area contributed by atoms with Crippen LogP contribution in [0.5, 0.6) is 0 Å². The maximum Gasteiger partial charge on any atom is 0.0995 e. The first-order valence-corrected chi connectivity index (χ1v) is 7.40. The van der Waals surface area contributed by atoms with Gasteiger partial charge in [0.15, 0.2) is 0 Å². The van der Waals surface area contributed by atoms with E-state index in [0.717, 1.165) is 36.9 Å². The lowest BCUT2D eigenvalue weighted by Crippen LogP contribution is -2.26. The van der Waals surface area contributed by atoms with Crippen molar-refractivity contribution in [3.05, 3.63) is 47.3 Å². The summed E-state index contributed by atoms with van der Waals surface area (Å²) in [6, 6.07) is 10.1. The first-order chi connectivity index (χ1) is 10.3. The summed E-state index contributed by atoms with van der Waals surface area (Å²) in [4.78, 5) is 0. The van der Waals surface area contributed by atoms with Crippen LogP contribution in [-0.4, -0.2) is 21.0 Å². The molecule has 0 saturated heterocycles. The molecule has 0 bridgehead atoms. The normalized spacial score (nSPS) is 21.9. The van der Waals surface area contributed by atoms with Crippen LogP contribution in [0.1, 0.15) is 48.4 Å². The standard InChI is InChI=1S/C16H19N5/c17-9-13-4-1-2-5-14(13)10-21-11-16(19-20-21)12-6-3-7-15(18)8-12/h1-2,4-5,11-12,15H,3,6-8,10,18H2/t12-,15+/m0/s1. The van der Waals surface area contributed by atoms with Crippen molar-refractivity contribution in [3.63, 3.8) is 0 Å². The molecule has 0 radical (unpaired) electrons. The van der Waals surface area contributed by atoms with Crippen LogP contribution < -0.4 is 5.73 Å². The number of hydrogen-bond acceptors (Lipinski definition) is 4. The summed E-state index contributed by atoms with van der Waals surface area (Å²) >= 11 is 0. The van der Waals surface area contributed by atoms with Gasteiger partial charge in [-0.3, -0.25) is 0 Å². The molecular weight excluding hydrogens is 262 g/mol. The van der Waals surface area contributed by atoms with Gasteiger partial charge in [0.05, 0.1) is 23.9 Å². The number of nitrogens with zero attached hydrogens (tertiary/aromatic N) is 4. The van der Waals surface area contributed by atoms with Crippen molar-refractivity contribution < 1.29 is 0 Å². The Balaban J connectivity index is 1.75. The Labute approximate surface area is 124 Å². The highest BCUT2D eigenvalue weighted by Gasteiger charge is 2.23. The van der Waals surface area contributed by atoms with Gasteiger partial charge in [-0.05, 0) is 30.9 Å². The Morgan fingerprint density at radius 1 is 1.33 bits per heavy atom. The van der Waals surface area contributed by atoms with Crippen LogP contribution in [0.2, 0.25) is 0 Å². The average Bonchev–Trinajstić information content (AvgIpc) is 2.96. The first kappa shape index (κ1) is 13.8. The molecule has 5 nitrogen and oxygen atoms in total. The Kier molecular flexibility index (Phi) is 3.98. The third-order valence-corrected chi connectivity index (χ3v) is 4.16. The van der Waals surface area contributed by atoms with E-state index in [1.807, 2.05) is 35.1 Å². The molecule has 2 N–H and O–H groups in total. The van der Waals surface area contributed by atoms with Gasteiger partial charge in [0, 0.05) is 18.2 Å². The SMILES string of the molecule is N#Cc1ccccc1Cn1cc([C@H]2CCC[C@@H](N)C2)nn1. The van der Waals surface area contributed by atoms with Crippen LogP contribution in [-0.2, 0) is 6.54 Å². The Morgan fingerprint density at radius 2 is 2.19 bits per heavy atom. The lowest BCUT2D eigenvalue weighted by molar-refractivity contribution is 0.388. The lowest BCUT2D eigenvalue weighted by Gasteiger charge is -2.24. The van der Waals surface area contributed by atoms with Crippen LogP contribution in [0.25, 0.3) is 0 Å². The summed E-state index contributed by atoms with van der Waals surface area (Å²) in [6.45, 7) is 0.579. The first-order valence-electron chi connectivity index (χ1n) is 7.40. The summed E-state index contributed by atoms with van der Waals surface area (Å²) in [5, 5.41) is 17.6. The number of benzene rings is 1. The molecule has 108 valence electrons. The third-order valence-electron chi connectivity index (χ3n) is 4.16. The molecular formula is C16H19N5. The molecule has 1 aliphatic rings. The summed E-state index contributed by atoms with van der Waals surface area (Å²) in [7, 11) is 0. The average molecular weight is 281 g/mol. The van der Waals surface area contributed by atoms with Gasteiger partial charge in [-0.2, -0.15) is 5.26 Å². The van der Waals surface area contributed by atoms with Gasteiger partial charge in [0.1, 0.15) is 0 Å². The van der Waals surface area contributed by atoms with E-state index in [2.05, 4.69) is 16.4 Å². The van der Waals surface area contributed by atoms with Gasteiger partial charge in [0.2, 0.25) is 0 Å². The zero-order valence-electron chi connectivity index (χ0n) is 11.9. The van der Waals surface area contributed by atoms with E-state index in [0.29, 0.717) is 18.0 Å². The van der Waals surface area contributed by atoms with Gasteiger partial charge < -0.3 is 5.73 Å². The Hall–Kier alpha value is -2.19. The van der Waals surface area contributed by atoms with E-state index in [1.165, 1.54) is 0 Å². The van der Waals surface area contributed by atoms with E-state index >= 15 is 0 Å². The molecule has 1 aliphatic carbocycles. The lowest BCUT2D eigenvalue weighted by atomic mass is 9.84. The van der Waals surface area contributed by atoms with E-state index < -0.39 is 0 Å². The minimum atomic E-state index is 0.285. The predicted molar refractivity (Wildman–Crippen MR) is 79.5 cm³/mol. The van der Waals surface area contributed by atoms with Crippen LogP contribution in [0.15, 0.2) is 30.5 Å². The molecule has 5 heteroatoms. The van der Waals surface area contributed by atoms with Crippen molar-refractivity contribution in [1.29, 1.82) is 5.26 Å². The quantitative estimate of drug-likeness (QED) is 0.935. The highest BCUT2D eigenvalue weighted by Crippen LogP contribution is 2.30. The van der Waals surface area contributed by atoms with Crippen LogP contribution >= 0.6 is 0 Å². The van der Waals surface area contributed by atoms with E-state index in [-0.39, 0.29) is 6.04 Å². The molecule has 1 aromatic carbocycles. The third kappa shape index (κ3) is 3.11. The van der Waals surface area contributed by atoms with E-state index in [4.69, 9.17) is 11.0 Å². The largest absolute Gasteiger partial charge is 0.328 e. The molecule has 1 fully saturated rings. The van der Waals surface area contributed by atoms with E-state index in [9.17, 15) is 0 Å². The summed E-state index contributed by atoms with van der Waals surface area (Å²) in [5.74, 6) is 0.425. The van der Waals surface area contributed by atoms with Crippen LogP contribution in [0, 0.1) is 11.3 Å². The molecule has 3 rings (SSSR count). The van der Waals surface area contributed by atoms with Crippen molar-refractivity contribution in [3.8, 4) is 6.07 Å². The number of aromatic nitrogens is 3. The fourth-order valence-electron chi connectivity index (χ4n) is 3.02. The van der Waals surface area contributed by atoms with Crippen molar-refractivity contribution in [2.75, 3.05) is 0 Å². The Bertz CT molecular complexity index is 655. The molecule has 2 atom stereocenters. The fraction of sp³-hybridized carbons (Fsp3) is 0.438. The summed E-state index contributed by atoms with van der Waals surface area (Å²) in [6.07, 6.45) is 6.40. The molecule has 0 spiro atoms. The molecule has 1 aromatic heterocycles. The minimum Gasteiger partial charge on any atom is -0.328 e. The fourth-order valence-corrected chi connectivity index (χ4v) is 3.02. The van der Waals surface area contributed by atoms with Gasteiger partial charge in [0.25, 0.3) is 0 Å². The Morgan fingerprint density at radius 3 is 3.00 bits per heavy atom. The van der Waals surface area contributed by atoms with Gasteiger partial charge in [-0.15, -0.1) is 5.10 Å². The maximum atomic E-state index is 9.13. The molecule has 21 heavy (non-hydrogen) atoms. The smallest absolute Gasteiger partial charge is 0.0995 e. The predicted octanol–water partition coefficient (Wildman–Crippen LogP) is 2.18. The zero-order valence-corrected chi connectivity index (χ0v) is 11.9.